The first-order chi connectivity index (χ1) is 12.5. The molecule has 6 nitrogen and oxygen atoms in total. The number of hydrogen-bond acceptors (Lipinski definition) is 3. The van der Waals surface area contributed by atoms with E-state index < -0.39 is 0 Å². The smallest absolute Gasteiger partial charge is 0.319 e. The second kappa shape index (κ2) is 8.88. The van der Waals surface area contributed by atoms with Gasteiger partial charge >= 0.3 is 6.03 Å². The summed E-state index contributed by atoms with van der Waals surface area (Å²) < 4.78 is 0. The number of amides is 2. The molecular formula is C19H20ClN5O. The van der Waals surface area contributed by atoms with Crippen LogP contribution in [0.25, 0.3) is 0 Å². The lowest BCUT2D eigenvalue weighted by atomic mass is 9.99. The van der Waals surface area contributed by atoms with Gasteiger partial charge in [0.25, 0.3) is 0 Å². The van der Waals surface area contributed by atoms with Gasteiger partial charge in [0.2, 0.25) is 0 Å². The number of benzene rings is 1. The second-order valence-corrected chi connectivity index (χ2v) is 6.13. The summed E-state index contributed by atoms with van der Waals surface area (Å²) in [7, 11) is 0. The van der Waals surface area contributed by atoms with E-state index in [0.29, 0.717) is 17.8 Å². The minimum atomic E-state index is -0.374. The Morgan fingerprint density at radius 2 is 2.31 bits per heavy atom. The summed E-state index contributed by atoms with van der Waals surface area (Å²) in [5.41, 5.74) is 1.74. The second-order valence-electron chi connectivity index (χ2n) is 5.73. The summed E-state index contributed by atoms with van der Waals surface area (Å²) in [6.07, 6.45) is 7.12. The third kappa shape index (κ3) is 4.74. The first-order valence-electron chi connectivity index (χ1n) is 7.99. The van der Waals surface area contributed by atoms with Crippen LogP contribution in [-0.2, 0) is 0 Å². The highest BCUT2D eigenvalue weighted by molar-refractivity contribution is 6.32. The van der Waals surface area contributed by atoms with Crippen molar-refractivity contribution in [1.29, 1.82) is 5.26 Å². The Labute approximate surface area is 158 Å². The zero-order valence-corrected chi connectivity index (χ0v) is 15.2. The molecule has 134 valence electrons. The van der Waals surface area contributed by atoms with Gasteiger partial charge in [-0.05, 0) is 30.7 Å². The predicted molar refractivity (Wildman–Crippen MR) is 105 cm³/mol. The van der Waals surface area contributed by atoms with Gasteiger partial charge in [0.15, 0.2) is 0 Å². The van der Waals surface area contributed by atoms with Gasteiger partial charge < -0.3 is 15.5 Å². The number of urea groups is 1. The largest absolute Gasteiger partial charge is 0.348 e. The Bertz CT molecular complexity index is 809. The Morgan fingerprint density at radius 3 is 2.96 bits per heavy atom. The van der Waals surface area contributed by atoms with Gasteiger partial charge in [0.1, 0.15) is 6.07 Å². The Hall–Kier alpha value is -3.04. The van der Waals surface area contributed by atoms with Crippen LogP contribution >= 0.6 is 11.6 Å². The zero-order valence-electron chi connectivity index (χ0n) is 14.4. The molecule has 0 bridgehead atoms. The number of carbonyl (C=O) groups is 1. The van der Waals surface area contributed by atoms with Gasteiger partial charge in [-0.25, -0.2) is 9.79 Å². The van der Waals surface area contributed by atoms with Crippen molar-refractivity contribution in [3.63, 3.8) is 0 Å². The van der Waals surface area contributed by atoms with E-state index >= 15 is 0 Å². The maximum absolute atomic E-state index is 12.2. The van der Waals surface area contributed by atoms with Crippen LogP contribution in [0, 0.1) is 11.3 Å². The van der Waals surface area contributed by atoms with Gasteiger partial charge in [-0.15, -0.1) is 0 Å². The van der Waals surface area contributed by atoms with Crippen molar-refractivity contribution in [2.24, 2.45) is 4.99 Å². The molecule has 1 aliphatic rings. The average molecular weight is 370 g/mol. The summed E-state index contributed by atoms with van der Waals surface area (Å²) in [5, 5.41) is 14.7. The minimum Gasteiger partial charge on any atom is -0.348 e. The van der Waals surface area contributed by atoms with Crippen LogP contribution in [0.3, 0.4) is 0 Å². The van der Waals surface area contributed by atoms with Crippen LogP contribution in [0.1, 0.15) is 12.5 Å². The van der Waals surface area contributed by atoms with Crippen molar-refractivity contribution in [2.75, 3.05) is 11.9 Å². The molecule has 0 saturated heterocycles. The SMILES string of the molecule is C=CN=CN1C(C)C=CC(=C)C1CNC(=O)Nc1ccc(C#N)c(Cl)c1. The van der Waals surface area contributed by atoms with Gasteiger partial charge in [-0.3, -0.25) is 0 Å². The van der Waals surface area contributed by atoms with E-state index in [1.54, 1.807) is 18.5 Å². The Kier molecular flexibility index (Phi) is 6.59. The molecule has 7 heteroatoms. The molecule has 2 N–H and O–H groups in total. The number of rotatable bonds is 5. The minimum absolute atomic E-state index is 0.117. The van der Waals surface area contributed by atoms with Crippen molar-refractivity contribution in [3.8, 4) is 6.07 Å². The fourth-order valence-corrected chi connectivity index (χ4v) is 2.77. The standard InChI is InChI=1S/C19H20ClN5O/c1-4-22-12-25-14(3)6-5-13(2)18(25)11-23-19(26)24-16-8-7-15(10-21)17(20)9-16/h4-9,12,14,18H,1-2,11H2,3H3,(H2,23,24,26). The van der Waals surface area contributed by atoms with E-state index in [9.17, 15) is 4.79 Å². The number of anilines is 1. The first kappa shape index (κ1) is 19.3. The van der Waals surface area contributed by atoms with E-state index in [1.165, 1.54) is 12.3 Å². The summed E-state index contributed by atoms with van der Waals surface area (Å²) in [5.74, 6) is 0. The molecule has 0 radical (unpaired) electrons. The van der Waals surface area contributed by atoms with Crippen molar-refractivity contribution in [3.05, 3.63) is 65.9 Å². The predicted octanol–water partition coefficient (Wildman–Crippen LogP) is 3.69. The topological polar surface area (TPSA) is 80.5 Å². The van der Waals surface area contributed by atoms with Crippen LogP contribution in [0.4, 0.5) is 10.5 Å². The van der Waals surface area contributed by atoms with Crippen molar-refractivity contribution < 1.29 is 4.79 Å². The number of nitrogens with zero attached hydrogens (tertiary/aromatic N) is 3. The molecule has 0 fully saturated rings. The summed E-state index contributed by atoms with van der Waals surface area (Å²) in [4.78, 5) is 18.3. The molecule has 2 unspecified atom stereocenters. The van der Waals surface area contributed by atoms with Crippen LogP contribution in [-0.4, -0.2) is 35.9 Å². The van der Waals surface area contributed by atoms with Crippen molar-refractivity contribution >= 4 is 29.7 Å². The summed E-state index contributed by atoms with van der Waals surface area (Å²) in [6.45, 7) is 10.0. The lowest BCUT2D eigenvalue weighted by Gasteiger charge is -2.37. The number of nitrogens with one attached hydrogen (secondary N) is 2. The number of halogens is 1. The zero-order chi connectivity index (χ0) is 19.1. The lowest BCUT2D eigenvalue weighted by molar-refractivity contribution is 0.246. The Balaban J connectivity index is 2.00. The number of hydrogen-bond donors (Lipinski definition) is 2. The van der Waals surface area contributed by atoms with E-state index in [-0.39, 0.29) is 23.1 Å². The van der Waals surface area contributed by atoms with Crippen LogP contribution < -0.4 is 10.6 Å². The van der Waals surface area contributed by atoms with Crippen molar-refractivity contribution in [1.82, 2.24) is 10.2 Å². The summed E-state index contributed by atoms with van der Waals surface area (Å²) in [6, 6.07) is 6.32. The van der Waals surface area contributed by atoms with Gasteiger partial charge in [-0.2, -0.15) is 5.26 Å². The maximum atomic E-state index is 12.2. The molecule has 2 amide bonds. The first-order valence-corrected chi connectivity index (χ1v) is 8.37. The number of aliphatic imine (C=N–C) groups is 1. The molecule has 0 spiro atoms. The van der Waals surface area contributed by atoms with Crippen molar-refractivity contribution in [2.45, 2.75) is 19.0 Å². The molecule has 0 aliphatic carbocycles. The molecule has 1 aromatic carbocycles. The fourth-order valence-electron chi connectivity index (χ4n) is 2.54. The molecule has 1 aliphatic heterocycles. The summed E-state index contributed by atoms with van der Waals surface area (Å²) >= 11 is 5.97. The van der Waals surface area contributed by atoms with E-state index in [4.69, 9.17) is 16.9 Å². The molecule has 0 saturated carbocycles. The van der Waals surface area contributed by atoms with Crippen LogP contribution in [0.15, 0.2) is 60.3 Å². The molecule has 1 heterocycles. The fraction of sp³-hybridized carbons (Fsp3) is 0.211. The quantitative estimate of drug-likeness (QED) is 0.613. The highest BCUT2D eigenvalue weighted by atomic mass is 35.5. The average Bonchev–Trinajstić information content (AvgIpc) is 2.61. The van der Waals surface area contributed by atoms with Gasteiger partial charge in [0.05, 0.1) is 23.0 Å². The van der Waals surface area contributed by atoms with Crippen LogP contribution in [0.5, 0.6) is 0 Å². The van der Waals surface area contributed by atoms with E-state index in [1.807, 2.05) is 30.0 Å². The van der Waals surface area contributed by atoms with Gasteiger partial charge in [-0.1, -0.05) is 36.9 Å². The third-order valence-corrected chi connectivity index (χ3v) is 4.27. The normalized spacial score (nSPS) is 19.3. The molecular weight excluding hydrogens is 350 g/mol. The highest BCUT2D eigenvalue weighted by Gasteiger charge is 2.25. The number of nitriles is 1. The maximum Gasteiger partial charge on any atom is 0.319 e. The van der Waals surface area contributed by atoms with Crippen LogP contribution in [0.2, 0.25) is 5.02 Å². The molecule has 2 rings (SSSR count). The molecule has 0 aromatic heterocycles. The molecule has 1 aromatic rings. The number of carbonyl (C=O) groups excluding carboxylic acids is 1. The van der Waals surface area contributed by atoms with E-state index in [0.717, 1.165) is 5.57 Å². The molecule has 2 atom stereocenters. The molecule has 26 heavy (non-hydrogen) atoms. The van der Waals surface area contributed by atoms with Gasteiger partial charge in [0, 0.05) is 24.5 Å². The third-order valence-electron chi connectivity index (χ3n) is 3.96. The van der Waals surface area contributed by atoms with E-state index in [2.05, 4.69) is 28.8 Å². The Morgan fingerprint density at radius 1 is 1.54 bits per heavy atom. The lowest BCUT2D eigenvalue weighted by Crippen LogP contribution is -2.49. The monoisotopic (exact) mass is 369 g/mol. The highest BCUT2D eigenvalue weighted by Crippen LogP contribution is 2.21.